The number of hydrogen-bond acceptors (Lipinski definition) is 3. The van der Waals surface area contributed by atoms with Gasteiger partial charge in [0.1, 0.15) is 11.9 Å². The van der Waals surface area contributed by atoms with Crippen molar-refractivity contribution < 1.29 is 9.53 Å². The molecule has 1 fully saturated rings. The van der Waals surface area contributed by atoms with Crippen LogP contribution >= 0.6 is 28.3 Å². The molecule has 3 atom stereocenters. The minimum Gasteiger partial charge on any atom is -0.489 e. The molecule has 1 aromatic rings. The summed E-state index contributed by atoms with van der Waals surface area (Å²) in [5, 5.41) is 2.93. The molecule has 1 amide bonds. The Kier molecular flexibility index (Phi) is 8.21. The number of carbonyl (C=O) groups is 1. The Hall–Kier alpha value is -0.780. The highest BCUT2D eigenvalue weighted by molar-refractivity contribution is 9.10. The fourth-order valence-electron chi connectivity index (χ4n) is 2.70. The molecule has 22 heavy (non-hydrogen) atoms. The Balaban J connectivity index is 0.00000242. The first-order valence-electron chi connectivity index (χ1n) is 7.49. The number of amides is 1. The fourth-order valence-corrected chi connectivity index (χ4v) is 3.08. The van der Waals surface area contributed by atoms with E-state index in [4.69, 9.17) is 10.5 Å². The lowest BCUT2D eigenvalue weighted by molar-refractivity contribution is -0.122. The summed E-state index contributed by atoms with van der Waals surface area (Å²) in [6, 6.07) is 7.87. The molecule has 1 saturated carbocycles. The monoisotopic (exact) mass is 390 g/mol. The molecule has 3 N–H and O–H groups in total. The number of benzene rings is 1. The second-order valence-corrected chi connectivity index (χ2v) is 6.66. The Labute approximate surface area is 146 Å². The molecular formula is C16H24BrClN2O2. The fraction of sp³-hybridized carbons (Fsp3) is 0.562. The molecule has 0 spiro atoms. The summed E-state index contributed by atoms with van der Waals surface area (Å²) in [6.07, 6.45) is 3.71. The van der Waals surface area contributed by atoms with Crippen LogP contribution in [0, 0.1) is 5.92 Å². The van der Waals surface area contributed by atoms with E-state index in [2.05, 4.69) is 21.2 Å². The summed E-state index contributed by atoms with van der Waals surface area (Å²) in [6.45, 7) is 2.45. The Morgan fingerprint density at radius 3 is 2.91 bits per heavy atom. The highest BCUT2D eigenvalue weighted by Gasteiger charge is 2.26. The van der Waals surface area contributed by atoms with E-state index < -0.39 is 0 Å². The van der Waals surface area contributed by atoms with Crippen molar-refractivity contribution in [3.05, 3.63) is 28.7 Å². The van der Waals surface area contributed by atoms with Gasteiger partial charge >= 0.3 is 0 Å². The van der Waals surface area contributed by atoms with Gasteiger partial charge in [0.05, 0.1) is 6.54 Å². The summed E-state index contributed by atoms with van der Waals surface area (Å²) < 4.78 is 6.75. The van der Waals surface area contributed by atoms with Crippen molar-refractivity contribution in [2.75, 3.05) is 6.54 Å². The average molecular weight is 392 g/mol. The van der Waals surface area contributed by atoms with Gasteiger partial charge in [0, 0.05) is 16.9 Å². The highest BCUT2D eigenvalue weighted by atomic mass is 79.9. The van der Waals surface area contributed by atoms with Gasteiger partial charge in [-0.05, 0) is 43.9 Å². The quantitative estimate of drug-likeness (QED) is 0.782. The van der Waals surface area contributed by atoms with Gasteiger partial charge in [0.15, 0.2) is 0 Å². The van der Waals surface area contributed by atoms with Crippen molar-refractivity contribution in [3.63, 3.8) is 0 Å². The van der Waals surface area contributed by atoms with Crippen LogP contribution in [0.25, 0.3) is 0 Å². The number of nitrogens with one attached hydrogen (secondary N) is 1. The standard InChI is InChI=1S/C16H23BrN2O2.ClH/c1-11(21-14-6-3-5-13(17)9-14)10-19-16(20)8-12-4-2-7-15(12)18;/h3,5-6,9,11-12,15H,2,4,7-8,10,18H2,1H3,(H,19,20);1H/t11?,12-,15+;/m0./s1. The maximum Gasteiger partial charge on any atom is 0.220 e. The van der Waals surface area contributed by atoms with Crippen LogP contribution in [0.3, 0.4) is 0 Å². The molecule has 1 aromatic carbocycles. The van der Waals surface area contributed by atoms with Gasteiger partial charge in [-0.2, -0.15) is 0 Å². The third kappa shape index (κ3) is 6.15. The van der Waals surface area contributed by atoms with E-state index in [1.54, 1.807) is 0 Å². The first kappa shape index (κ1) is 19.3. The Morgan fingerprint density at radius 2 is 2.27 bits per heavy atom. The zero-order chi connectivity index (χ0) is 15.2. The predicted molar refractivity (Wildman–Crippen MR) is 94.4 cm³/mol. The van der Waals surface area contributed by atoms with E-state index >= 15 is 0 Å². The lowest BCUT2D eigenvalue weighted by Crippen LogP contribution is -2.36. The third-order valence-electron chi connectivity index (χ3n) is 3.89. The van der Waals surface area contributed by atoms with Crippen LogP contribution in [0.1, 0.15) is 32.6 Å². The summed E-state index contributed by atoms with van der Waals surface area (Å²) in [5.41, 5.74) is 5.99. The van der Waals surface area contributed by atoms with Crippen LogP contribution in [0.5, 0.6) is 5.75 Å². The van der Waals surface area contributed by atoms with Crippen LogP contribution < -0.4 is 15.8 Å². The molecule has 1 aliphatic rings. The summed E-state index contributed by atoms with van der Waals surface area (Å²) in [5.74, 6) is 1.21. The average Bonchev–Trinajstić information content (AvgIpc) is 2.82. The molecule has 124 valence electrons. The molecule has 1 unspecified atom stereocenters. The first-order chi connectivity index (χ1) is 10.0. The third-order valence-corrected chi connectivity index (χ3v) is 4.38. The van der Waals surface area contributed by atoms with Gasteiger partial charge in [0.25, 0.3) is 0 Å². The number of ether oxygens (including phenoxy) is 1. The second kappa shape index (κ2) is 9.38. The molecule has 4 nitrogen and oxygen atoms in total. The second-order valence-electron chi connectivity index (χ2n) is 5.75. The molecule has 2 rings (SSSR count). The van der Waals surface area contributed by atoms with E-state index in [0.717, 1.165) is 29.5 Å². The maximum absolute atomic E-state index is 11.9. The first-order valence-corrected chi connectivity index (χ1v) is 8.28. The van der Waals surface area contributed by atoms with E-state index in [9.17, 15) is 4.79 Å². The van der Waals surface area contributed by atoms with Crippen molar-refractivity contribution in [2.24, 2.45) is 11.7 Å². The Bertz CT molecular complexity index is 487. The van der Waals surface area contributed by atoms with E-state index in [1.807, 2.05) is 31.2 Å². The summed E-state index contributed by atoms with van der Waals surface area (Å²) in [7, 11) is 0. The maximum atomic E-state index is 11.9. The minimum atomic E-state index is -0.0690. The lowest BCUT2D eigenvalue weighted by atomic mass is 10.00. The zero-order valence-electron chi connectivity index (χ0n) is 12.8. The van der Waals surface area contributed by atoms with E-state index in [0.29, 0.717) is 18.9 Å². The van der Waals surface area contributed by atoms with Gasteiger partial charge in [-0.3, -0.25) is 4.79 Å². The molecule has 0 bridgehead atoms. The molecule has 0 aromatic heterocycles. The number of rotatable bonds is 6. The molecule has 0 radical (unpaired) electrons. The smallest absolute Gasteiger partial charge is 0.220 e. The number of carbonyl (C=O) groups excluding carboxylic acids is 1. The highest BCUT2D eigenvalue weighted by Crippen LogP contribution is 2.26. The van der Waals surface area contributed by atoms with E-state index in [1.165, 1.54) is 0 Å². The summed E-state index contributed by atoms with van der Waals surface area (Å²) >= 11 is 3.41. The van der Waals surface area contributed by atoms with Crippen molar-refractivity contribution in [1.29, 1.82) is 0 Å². The van der Waals surface area contributed by atoms with Crippen LogP contribution in [0.4, 0.5) is 0 Å². The largest absolute Gasteiger partial charge is 0.489 e. The zero-order valence-corrected chi connectivity index (χ0v) is 15.2. The van der Waals surface area contributed by atoms with Gasteiger partial charge < -0.3 is 15.8 Å². The van der Waals surface area contributed by atoms with Crippen molar-refractivity contribution in [2.45, 2.75) is 44.8 Å². The van der Waals surface area contributed by atoms with Gasteiger partial charge in [-0.1, -0.05) is 28.4 Å². The van der Waals surface area contributed by atoms with Gasteiger partial charge in [-0.15, -0.1) is 12.4 Å². The van der Waals surface area contributed by atoms with Crippen molar-refractivity contribution >= 4 is 34.2 Å². The molecular weight excluding hydrogens is 368 g/mol. The topological polar surface area (TPSA) is 64.4 Å². The van der Waals surface area contributed by atoms with E-state index in [-0.39, 0.29) is 30.5 Å². The number of hydrogen-bond donors (Lipinski definition) is 2. The van der Waals surface area contributed by atoms with Crippen LogP contribution in [0.15, 0.2) is 28.7 Å². The lowest BCUT2D eigenvalue weighted by Gasteiger charge is -2.18. The summed E-state index contributed by atoms with van der Waals surface area (Å²) in [4.78, 5) is 11.9. The molecule has 6 heteroatoms. The molecule has 0 saturated heterocycles. The van der Waals surface area contributed by atoms with Crippen molar-refractivity contribution in [1.82, 2.24) is 5.32 Å². The normalized spacial score (nSPS) is 21.8. The van der Waals surface area contributed by atoms with Crippen molar-refractivity contribution in [3.8, 4) is 5.75 Å². The minimum absolute atomic E-state index is 0. The van der Waals surface area contributed by atoms with Crippen LogP contribution in [-0.4, -0.2) is 24.6 Å². The molecule has 0 aliphatic heterocycles. The van der Waals surface area contributed by atoms with Gasteiger partial charge in [-0.25, -0.2) is 0 Å². The van der Waals surface area contributed by atoms with Crippen LogP contribution in [-0.2, 0) is 4.79 Å². The Morgan fingerprint density at radius 1 is 1.50 bits per heavy atom. The number of nitrogens with two attached hydrogens (primary N) is 1. The molecule has 1 aliphatic carbocycles. The number of halogens is 2. The predicted octanol–water partition coefficient (Wildman–Crippen LogP) is 3.27. The SMILES string of the molecule is CC(CNC(=O)C[C@@H]1CCC[C@H]1N)Oc1cccc(Br)c1.Cl. The molecule has 0 heterocycles. The van der Waals surface area contributed by atoms with Crippen LogP contribution in [0.2, 0.25) is 0 Å². The van der Waals surface area contributed by atoms with Gasteiger partial charge in [0.2, 0.25) is 5.91 Å².